The van der Waals surface area contributed by atoms with Gasteiger partial charge in [0.1, 0.15) is 6.54 Å². The molecule has 2 heterocycles. The smallest absolute Gasteiger partial charge is 0.130 e. The molecule has 0 amide bonds. The molecule has 3 heteroatoms. The zero-order valence-corrected chi connectivity index (χ0v) is 10.1. The summed E-state index contributed by atoms with van der Waals surface area (Å²) in [6.45, 7) is 5.15. The SMILES string of the molecule is CC1(C)CCC[n+]2[cH-]c3cc(F)cc(F)c3c21. The molecule has 90 valence electrons. The second-order valence-electron chi connectivity index (χ2n) is 5.51. The van der Waals surface area contributed by atoms with Crippen molar-refractivity contribution in [3.8, 4) is 0 Å². The lowest BCUT2D eigenvalue weighted by molar-refractivity contribution is -0.709. The van der Waals surface area contributed by atoms with Crippen LogP contribution in [-0.2, 0) is 12.0 Å². The van der Waals surface area contributed by atoms with Gasteiger partial charge in [-0.25, -0.2) is 8.78 Å². The molecular weight excluding hydrogens is 220 g/mol. The van der Waals surface area contributed by atoms with Gasteiger partial charge in [0, 0.05) is 11.8 Å². The van der Waals surface area contributed by atoms with Crippen molar-refractivity contribution in [2.24, 2.45) is 0 Å². The number of fused-ring (bicyclic) bond motifs is 3. The Morgan fingerprint density at radius 1 is 1.29 bits per heavy atom. The number of aryl methyl sites for hydroxylation is 1. The molecule has 0 aliphatic carbocycles. The van der Waals surface area contributed by atoms with E-state index in [1.54, 1.807) is 0 Å². The van der Waals surface area contributed by atoms with E-state index < -0.39 is 11.6 Å². The van der Waals surface area contributed by atoms with Crippen molar-refractivity contribution in [3.05, 3.63) is 35.7 Å². The highest BCUT2D eigenvalue weighted by Crippen LogP contribution is 2.36. The Morgan fingerprint density at radius 3 is 2.82 bits per heavy atom. The van der Waals surface area contributed by atoms with Gasteiger partial charge < -0.3 is 0 Å². The Kier molecular flexibility index (Phi) is 2.09. The van der Waals surface area contributed by atoms with Crippen molar-refractivity contribution >= 4 is 10.8 Å². The topological polar surface area (TPSA) is 3.88 Å². The van der Waals surface area contributed by atoms with E-state index in [1.807, 2.05) is 6.20 Å². The molecule has 0 spiro atoms. The summed E-state index contributed by atoms with van der Waals surface area (Å²) in [5, 5.41) is 1.27. The first-order valence-electron chi connectivity index (χ1n) is 5.97. The molecule has 1 nitrogen and oxygen atoms in total. The van der Waals surface area contributed by atoms with E-state index in [2.05, 4.69) is 18.4 Å². The average Bonchev–Trinajstić information content (AvgIpc) is 2.56. The molecule has 1 aromatic carbocycles. The molecule has 0 bridgehead atoms. The lowest BCUT2D eigenvalue weighted by atomic mass is 9.80. The van der Waals surface area contributed by atoms with Gasteiger partial charge in [0.05, 0.1) is 23.5 Å². The van der Waals surface area contributed by atoms with Crippen LogP contribution in [0.5, 0.6) is 0 Å². The minimum atomic E-state index is -0.504. The molecule has 2 aromatic rings. The van der Waals surface area contributed by atoms with Crippen molar-refractivity contribution < 1.29 is 13.3 Å². The maximum atomic E-state index is 14.0. The molecule has 0 fully saturated rings. The lowest BCUT2D eigenvalue weighted by Gasteiger charge is -2.30. The van der Waals surface area contributed by atoms with Gasteiger partial charge in [-0.3, -0.25) is 4.57 Å². The van der Waals surface area contributed by atoms with Gasteiger partial charge in [-0.2, -0.15) is 0 Å². The van der Waals surface area contributed by atoms with Gasteiger partial charge in [0.25, 0.3) is 0 Å². The molecular formula is C14H15F2N. The zero-order chi connectivity index (χ0) is 12.2. The Labute approximate surface area is 99.0 Å². The summed E-state index contributed by atoms with van der Waals surface area (Å²) in [7, 11) is 0. The van der Waals surface area contributed by atoms with Crippen molar-refractivity contribution in [1.82, 2.24) is 0 Å². The van der Waals surface area contributed by atoms with Crippen LogP contribution in [0.1, 0.15) is 32.4 Å². The maximum Gasteiger partial charge on any atom is 0.130 e. The molecule has 3 rings (SSSR count). The van der Waals surface area contributed by atoms with Gasteiger partial charge in [-0.05, 0) is 17.9 Å². The fourth-order valence-electron chi connectivity index (χ4n) is 3.03. The second kappa shape index (κ2) is 3.31. The van der Waals surface area contributed by atoms with Crippen molar-refractivity contribution in [3.63, 3.8) is 0 Å². The third kappa shape index (κ3) is 1.48. The standard InChI is InChI=1S/C14H15F2N/c1-14(2)4-3-5-17-8-9-6-10(15)7-11(16)12(9)13(14)17/h6-8H,3-5H2,1-2H3. The molecule has 1 aliphatic rings. The number of aromatic nitrogens is 1. The minimum absolute atomic E-state index is 0.0430. The summed E-state index contributed by atoms with van der Waals surface area (Å²) in [5.74, 6) is -0.945. The number of halogens is 2. The summed E-state index contributed by atoms with van der Waals surface area (Å²) in [6, 6.07) is 2.40. The monoisotopic (exact) mass is 235 g/mol. The van der Waals surface area contributed by atoms with Crippen LogP contribution >= 0.6 is 0 Å². The van der Waals surface area contributed by atoms with Gasteiger partial charge in [0.2, 0.25) is 0 Å². The van der Waals surface area contributed by atoms with E-state index >= 15 is 0 Å². The fraction of sp³-hybridized carbons (Fsp3) is 0.429. The van der Waals surface area contributed by atoms with E-state index in [1.165, 1.54) is 6.07 Å². The van der Waals surface area contributed by atoms with Crippen LogP contribution in [0, 0.1) is 11.6 Å². The Morgan fingerprint density at radius 2 is 2.06 bits per heavy atom. The van der Waals surface area contributed by atoms with E-state index in [0.717, 1.165) is 31.1 Å². The Bertz CT molecular complexity index is 596. The summed E-state index contributed by atoms with van der Waals surface area (Å²) in [5.41, 5.74) is 0.967. The molecule has 1 aliphatic heterocycles. The van der Waals surface area contributed by atoms with Crippen LogP contribution in [0.25, 0.3) is 10.8 Å². The van der Waals surface area contributed by atoms with Gasteiger partial charge in [-0.15, -0.1) is 0 Å². The summed E-state index contributed by atoms with van der Waals surface area (Å²) >= 11 is 0. The van der Waals surface area contributed by atoms with Crippen molar-refractivity contribution in [2.75, 3.05) is 0 Å². The van der Waals surface area contributed by atoms with Gasteiger partial charge in [0.15, 0.2) is 0 Å². The van der Waals surface area contributed by atoms with Gasteiger partial charge in [-0.1, -0.05) is 25.3 Å². The third-order valence-corrected chi connectivity index (χ3v) is 3.75. The van der Waals surface area contributed by atoms with Crippen LogP contribution < -0.4 is 4.57 Å². The highest BCUT2D eigenvalue weighted by atomic mass is 19.1. The third-order valence-electron chi connectivity index (χ3n) is 3.75. The minimum Gasteiger partial charge on any atom is -0.289 e. The normalized spacial score (nSPS) is 18.4. The fourth-order valence-corrected chi connectivity index (χ4v) is 3.03. The first-order chi connectivity index (χ1) is 7.99. The highest BCUT2D eigenvalue weighted by molar-refractivity contribution is 5.85. The van der Waals surface area contributed by atoms with E-state index in [9.17, 15) is 8.78 Å². The molecule has 0 saturated heterocycles. The predicted molar refractivity (Wildman–Crippen MR) is 61.9 cm³/mol. The highest BCUT2D eigenvalue weighted by Gasteiger charge is 2.32. The number of rotatable bonds is 0. The average molecular weight is 235 g/mol. The first kappa shape index (κ1) is 10.8. The van der Waals surface area contributed by atoms with E-state index in [0.29, 0.717) is 10.8 Å². The number of hydrogen-bond donors (Lipinski definition) is 0. The second-order valence-corrected chi connectivity index (χ2v) is 5.51. The Balaban J connectivity index is 2.41. The molecule has 0 atom stereocenters. The lowest BCUT2D eigenvalue weighted by Crippen LogP contribution is -2.46. The summed E-state index contributed by atoms with van der Waals surface area (Å²) in [4.78, 5) is 0. The van der Waals surface area contributed by atoms with E-state index in [-0.39, 0.29) is 5.41 Å². The molecule has 0 unspecified atom stereocenters. The van der Waals surface area contributed by atoms with Crippen LogP contribution in [0.4, 0.5) is 8.78 Å². The van der Waals surface area contributed by atoms with Gasteiger partial charge >= 0.3 is 0 Å². The van der Waals surface area contributed by atoms with Crippen LogP contribution in [0.3, 0.4) is 0 Å². The largest absolute Gasteiger partial charge is 0.289 e. The number of hydrogen-bond acceptors (Lipinski definition) is 0. The zero-order valence-electron chi connectivity index (χ0n) is 10.1. The van der Waals surface area contributed by atoms with Crippen LogP contribution in [0.15, 0.2) is 18.3 Å². The van der Waals surface area contributed by atoms with Crippen LogP contribution in [0.2, 0.25) is 0 Å². The molecule has 1 aromatic heterocycles. The van der Waals surface area contributed by atoms with Crippen molar-refractivity contribution in [1.29, 1.82) is 0 Å². The quantitative estimate of drug-likeness (QED) is 0.487. The Hall–Kier alpha value is -1.38. The number of nitrogens with zero attached hydrogens (tertiary/aromatic N) is 1. The molecule has 17 heavy (non-hydrogen) atoms. The van der Waals surface area contributed by atoms with Crippen molar-refractivity contribution in [2.45, 2.75) is 38.6 Å². The first-order valence-corrected chi connectivity index (χ1v) is 5.97. The molecule has 0 N–H and O–H groups in total. The predicted octanol–water partition coefficient (Wildman–Crippen LogP) is 3.20. The summed E-state index contributed by atoms with van der Waals surface area (Å²) in [6.07, 6.45) is 4.01. The molecule has 0 radical (unpaired) electrons. The molecule has 0 saturated carbocycles. The summed E-state index contributed by atoms with van der Waals surface area (Å²) < 4.78 is 29.2. The van der Waals surface area contributed by atoms with Crippen LogP contribution in [-0.4, -0.2) is 0 Å². The van der Waals surface area contributed by atoms with E-state index in [4.69, 9.17) is 0 Å². The number of benzene rings is 1. The maximum absolute atomic E-state index is 14.0.